The number of aliphatic hydroxyl groups is 1. The van der Waals surface area contributed by atoms with Crippen LogP contribution in [0.3, 0.4) is 0 Å². The van der Waals surface area contributed by atoms with Crippen LogP contribution in [0, 0.1) is 5.92 Å². The third kappa shape index (κ3) is 5.24. The Labute approximate surface area is 215 Å². The highest BCUT2D eigenvalue weighted by molar-refractivity contribution is 6.51. The fraction of sp³-hybridized carbons (Fsp3) is 0.241. The van der Waals surface area contributed by atoms with Crippen LogP contribution >= 0.6 is 11.6 Å². The van der Waals surface area contributed by atoms with Crippen molar-refractivity contribution in [2.24, 2.45) is 5.92 Å². The van der Waals surface area contributed by atoms with E-state index in [1.54, 1.807) is 72.8 Å². The van der Waals surface area contributed by atoms with Crippen LogP contribution in [0.25, 0.3) is 5.76 Å². The van der Waals surface area contributed by atoms with Crippen molar-refractivity contribution in [1.82, 2.24) is 0 Å². The predicted molar refractivity (Wildman–Crippen MR) is 141 cm³/mol. The number of hydrogen-bond donors (Lipinski definition) is 1. The van der Waals surface area contributed by atoms with Gasteiger partial charge >= 0.3 is 0 Å². The number of halogens is 1. The number of carbonyl (C=O) groups excluding carboxylic acids is 2. The van der Waals surface area contributed by atoms with E-state index in [9.17, 15) is 14.7 Å². The van der Waals surface area contributed by atoms with Crippen molar-refractivity contribution >= 4 is 34.7 Å². The summed E-state index contributed by atoms with van der Waals surface area (Å²) in [6, 6.07) is 19.8. The second-order valence-electron chi connectivity index (χ2n) is 8.88. The van der Waals surface area contributed by atoms with E-state index in [0.29, 0.717) is 52.5 Å². The van der Waals surface area contributed by atoms with E-state index in [0.717, 1.165) is 0 Å². The van der Waals surface area contributed by atoms with Crippen molar-refractivity contribution < 1.29 is 24.2 Å². The summed E-state index contributed by atoms with van der Waals surface area (Å²) in [5, 5.41) is 11.7. The van der Waals surface area contributed by atoms with Crippen molar-refractivity contribution in [3.8, 4) is 11.5 Å². The van der Waals surface area contributed by atoms with Gasteiger partial charge in [-0.2, -0.15) is 0 Å². The number of aliphatic hydroxyl groups excluding tert-OH is 1. The van der Waals surface area contributed by atoms with E-state index < -0.39 is 17.7 Å². The van der Waals surface area contributed by atoms with Crippen LogP contribution in [-0.2, 0) is 9.59 Å². The molecule has 0 bridgehead atoms. The van der Waals surface area contributed by atoms with Gasteiger partial charge in [0.05, 0.1) is 24.8 Å². The summed E-state index contributed by atoms with van der Waals surface area (Å²) >= 11 is 6.20. The average molecular weight is 506 g/mol. The molecule has 0 spiro atoms. The van der Waals surface area contributed by atoms with Gasteiger partial charge in [0.2, 0.25) is 0 Å². The second kappa shape index (κ2) is 10.9. The number of ether oxygens (including phenoxy) is 2. The molecule has 0 saturated carbocycles. The normalized spacial score (nSPS) is 17.0. The van der Waals surface area contributed by atoms with Gasteiger partial charge in [-0.1, -0.05) is 43.6 Å². The van der Waals surface area contributed by atoms with Gasteiger partial charge in [0.15, 0.2) is 0 Å². The van der Waals surface area contributed by atoms with Crippen LogP contribution in [0.1, 0.15) is 37.9 Å². The van der Waals surface area contributed by atoms with Crippen LogP contribution in [-0.4, -0.2) is 30.0 Å². The number of rotatable bonds is 8. The van der Waals surface area contributed by atoms with Gasteiger partial charge in [0, 0.05) is 16.3 Å². The Morgan fingerprint density at radius 1 is 0.972 bits per heavy atom. The van der Waals surface area contributed by atoms with Crippen molar-refractivity contribution in [3.63, 3.8) is 0 Å². The smallest absolute Gasteiger partial charge is 0.300 e. The second-order valence-corrected chi connectivity index (χ2v) is 9.32. The van der Waals surface area contributed by atoms with Gasteiger partial charge in [-0.3, -0.25) is 14.5 Å². The average Bonchev–Trinajstić information content (AvgIpc) is 3.13. The molecule has 1 aliphatic heterocycles. The molecule has 6 nitrogen and oxygen atoms in total. The van der Waals surface area contributed by atoms with Crippen LogP contribution in [0.5, 0.6) is 11.5 Å². The number of nitrogens with zero attached hydrogens (tertiary/aromatic N) is 1. The number of benzene rings is 3. The molecule has 1 amide bonds. The van der Waals surface area contributed by atoms with E-state index in [1.807, 2.05) is 6.92 Å². The number of anilines is 1. The van der Waals surface area contributed by atoms with E-state index in [1.165, 1.54) is 4.90 Å². The van der Waals surface area contributed by atoms with Gasteiger partial charge in [0.25, 0.3) is 11.7 Å². The van der Waals surface area contributed by atoms with Crippen molar-refractivity contribution in [2.75, 3.05) is 18.1 Å². The standard InChI is InChI=1S/C29H28ClNO5/c1-4-35-23-12-8-19(9-13-23)26-25(27(32)20-10-14-24(15-11-20)36-17-18(2)3)28(33)29(34)31(26)22-7-5-6-21(30)16-22/h5-16,18,26,32H,4,17H2,1-3H3/b27-25+. The van der Waals surface area contributed by atoms with Crippen molar-refractivity contribution in [2.45, 2.75) is 26.8 Å². The Morgan fingerprint density at radius 2 is 1.61 bits per heavy atom. The Balaban J connectivity index is 1.81. The highest BCUT2D eigenvalue weighted by atomic mass is 35.5. The lowest BCUT2D eigenvalue weighted by Gasteiger charge is -2.25. The van der Waals surface area contributed by atoms with Gasteiger partial charge in [-0.15, -0.1) is 0 Å². The summed E-state index contributed by atoms with van der Waals surface area (Å²) in [4.78, 5) is 27.9. The van der Waals surface area contributed by atoms with Crippen LogP contribution in [0.15, 0.2) is 78.4 Å². The summed E-state index contributed by atoms with van der Waals surface area (Å²) in [5.74, 6) is -0.0800. The molecule has 3 aromatic carbocycles. The molecule has 0 aliphatic carbocycles. The summed E-state index contributed by atoms with van der Waals surface area (Å²) in [7, 11) is 0. The van der Waals surface area contributed by atoms with Gasteiger partial charge in [0.1, 0.15) is 17.3 Å². The minimum atomic E-state index is -0.851. The Hall–Kier alpha value is -3.77. The maximum atomic E-state index is 13.3. The maximum absolute atomic E-state index is 13.3. The summed E-state index contributed by atoms with van der Waals surface area (Å²) in [6.07, 6.45) is 0. The SMILES string of the molecule is CCOc1ccc(C2/C(=C(\O)c3ccc(OCC(C)C)cc3)C(=O)C(=O)N2c2cccc(Cl)c2)cc1. The van der Waals surface area contributed by atoms with Crippen LogP contribution in [0.2, 0.25) is 5.02 Å². The predicted octanol–water partition coefficient (Wildman–Crippen LogP) is 6.40. The monoisotopic (exact) mass is 505 g/mol. The fourth-order valence-electron chi connectivity index (χ4n) is 4.08. The van der Waals surface area contributed by atoms with Gasteiger partial charge in [-0.25, -0.2) is 0 Å². The molecule has 0 radical (unpaired) electrons. The minimum absolute atomic E-state index is 0.0000146. The van der Waals surface area contributed by atoms with Crippen molar-refractivity contribution in [3.05, 3.63) is 94.5 Å². The molecular formula is C29H28ClNO5. The number of ketones is 1. The minimum Gasteiger partial charge on any atom is -0.507 e. The zero-order valence-electron chi connectivity index (χ0n) is 20.4. The molecule has 1 unspecified atom stereocenters. The van der Waals surface area contributed by atoms with Gasteiger partial charge in [-0.05, 0) is 73.0 Å². The molecule has 36 heavy (non-hydrogen) atoms. The lowest BCUT2D eigenvalue weighted by molar-refractivity contribution is -0.132. The molecule has 1 atom stereocenters. The first kappa shape index (κ1) is 25.3. The van der Waals surface area contributed by atoms with Crippen LogP contribution in [0.4, 0.5) is 5.69 Å². The Bertz CT molecular complexity index is 1280. The molecule has 4 rings (SSSR count). The number of amides is 1. The largest absolute Gasteiger partial charge is 0.507 e. The van der Waals surface area contributed by atoms with Crippen LogP contribution < -0.4 is 14.4 Å². The molecule has 1 aliphatic rings. The molecule has 1 heterocycles. The van der Waals surface area contributed by atoms with E-state index in [2.05, 4.69) is 13.8 Å². The van der Waals surface area contributed by atoms with E-state index >= 15 is 0 Å². The van der Waals surface area contributed by atoms with E-state index in [4.69, 9.17) is 21.1 Å². The number of hydrogen-bond acceptors (Lipinski definition) is 5. The molecule has 186 valence electrons. The first-order valence-electron chi connectivity index (χ1n) is 11.8. The molecular weight excluding hydrogens is 478 g/mol. The lowest BCUT2D eigenvalue weighted by atomic mass is 9.95. The third-order valence-corrected chi connectivity index (χ3v) is 5.98. The number of Topliss-reactive ketones (excluding diaryl/α,β-unsaturated/α-hetero) is 1. The molecule has 3 aromatic rings. The first-order chi connectivity index (χ1) is 17.3. The zero-order chi connectivity index (χ0) is 25.8. The molecule has 1 saturated heterocycles. The summed E-state index contributed by atoms with van der Waals surface area (Å²) in [6.45, 7) is 7.08. The Kier molecular flexibility index (Phi) is 7.65. The highest BCUT2D eigenvalue weighted by Crippen LogP contribution is 2.43. The first-order valence-corrected chi connectivity index (χ1v) is 12.2. The van der Waals surface area contributed by atoms with Crippen molar-refractivity contribution in [1.29, 1.82) is 0 Å². The quantitative estimate of drug-likeness (QED) is 0.218. The zero-order valence-corrected chi connectivity index (χ0v) is 21.2. The van der Waals surface area contributed by atoms with E-state index in [-0.39, 0.29) is 11.3 Å². The van der Waals surface area contributed by atoms with Gasteiger partial charge < -0.3 is 14.6 Å². The lowest BCUT2D eigenvalue weighted by Crippen LogP contribution is -2.29. The molecule has 1 N–H and O–H groups in total. The maximum Gasteiger partial charge on any atom is 0.300 e. The molecule has 0 aromatic heterocycles. The Morgan fingerprint density at radius 3 is 2.22 bits per heavy atom. The third-order valence-electron chi connectivity index (χ3n) is 5.75. The number of carbonyl (C=O) groups is 2. The summed E-state index contributed by atoms with van der Waals surface area (Å²) < 4.78 is 11.3. The molecule has 1 fully saturated rings. The fourth-order valence-corrected chi connectivity index (χ4v) is 4.27. The summed E-state index contributed by atoms with van der Waals surface area (Å²) in [5.41, 5.74) is 1.52. The topological polar surface area (TPSA) is 76.1 Å². The highest BCUT2D eigenvalue weighted by Gasteiger charge is 2.47. The molecule has 7 heteroatoms.